The molecule has 1 aromatic carbocycles. The van der Waals surface area contributed by atoms with Crippen LogP contribution in [-0.4, -0.2) is 0 Å². The Balaban J connectivity index is 0.00000169. The molecular weight excluding hydrogens is 218 g/mol. The SMILES string of the molecule is CCCCCc1ccc(F)[c-]c1F.[Ti]. The summed E-state index contributed by atoms with van der Waals surface area (Å²) < 4.78 is 25.4. The maximum atomic E-state index is 13.0. The van der Waals surface area contributed by atoms with E-state index in [9.17, 15) is 8.78 Å². The summed E-state index contributed by atoms with van der Waals surface area (Å²) in [6, 6.07) is 4.78. The molecule has 0 unspecified atom stereocenters. The second-order valence-electron chi connectivity index (χ2n) is 3.10. The van der Waals surface area contributed by atoms with E-state index >= 15 is 0 Å². The molecule has 0 N–H and O–H groups in total. The summed E-state index contributed by atoms with van der Waals surface area (Å²) >= 11 is 0. The smallest absolute Gasteiger partial charge is 0.0168 e. The van der Waals surface area contributed by atoms with Crippen LogP contribution >= 0.6 is 0 Å². The molecule has 0 saturated carbocycles. The fraction of sp³-hybridized carbons (Fsp3) is 0.455. The van der Waals surface area contributed by atoms with Crippen LogP contribution in [0.4, 0.5) is 8.78 Å². The Morgan fingerprint density at radius 2 is 1.93 bits per heavy atom. The Kier molecular flexibility index (Phi) is 7.03. The molecule has 0 heterocycles. The number of benzene rings is 1. The van der Waals surface area contributed by atoms with Crippen LogP contribution in [0.1, 0.15) is 31.7 Å². The normalized spacial score (nSPS) is 9.64. The zero-order valence-corrected chi connectivity index (χ0v) is 9.80. The van der Waals surface area contributed by atoms with Crippen molar-refractivity contribution in [3.63, 3.8) is 0 Å². The third kappa shape index (κ3) is 4.34. The van der Waals surface area contributed by atoms with Gasteiger partial charge in [-0.1, -0.05) is 32.6 Å². The van der Waals surface area contributed by atoms with Crippen LogP contribution in [0.2, 0.25) is 0 Å². The van der Waals surface area contributed by atoms with Gasteiger partial charge < -0.3 is 0 Å². The molecule has 0 bridgehead atoms. The number of hydrogen-bond acceptors (Lipinski definition) is 0. The molecule has 0 spiro atoms. The first-order valence-corrected chi connectivity index (χ1v) is 4.60. The van der Waals surface area contributed by atoms with Crippen LogP contribution < -0.4 is 0 Å². The molecule has 0 amide bonds. The average molecular weight is 231 g/mol. The van der Waals surface area contributed by atoms with E-state index in [2.05, 4.69) is 6.92 Å². The maximum absolute atomic E-state index is 13.0. The van der Waals surface area contributed by atoms with E-state index in [1.807, 2.05) is 6.07 Å². The van der Waals surface area contributed by atoms with Crippen LogP contribution in [0.3, 0.4) is 0 Å². The van der Waals surface area contributed by atoms with Gasteiger partial charge in [-0.15, -0.1) is 17.7 Å². The fourth-order valence-electron chi connectivity index (χ4n) is 1.23. The average Bonchev–Trinajstić information content (AvgIpc) is 2.09. The Bertz CT molecular complexity index is 274. The van der Waals surface area contributed by atoms with Crippen molar-refractivity contribution in [1.29, 1.82) is 0 Å². The monoisotopic (exact) mass is 231 g/mol. The zero-order chi connectivity index (χ0) is 9.68. The topological polar surface area (TPSA) is 0 Å². The van der Waals surface area contributed by atoms with Gasteiger partial charge in [0, 0.05) is 33.4 Å². The van der Waals surface area contributed by atoms with Crippen molar-refractivity contribution in [2.75, 3.05) is 0 Å². The fourth-order valence-corrected chi connectivity index (χ4v) is 1.23. The minimum Gasteiger partial charge on any atom is -0.236 e. The van der Waals surface area contributed by atoms with Gasteiger partial charge in [-0.25, -0.2) is 8.78 Å². The maximum Gasteiger partial charge on any atom is 0.0168 e. The minimum absolute atomic E-state index is 0. The zero-order valence-electron chi connectivity index (χ0n) is 8.24. The quantitative estimate of drug-likeness (QED) is 0.422. The summed E-state index contributed by atoms with van der Waals surface area (Å²) in [6.45, 7) is 2.09. The first kappa shape index (κ1) is 13.8. The van der Waals surface area contributed by atoms with Crippen molar-refractivity contribution in [2.45, 2.75) is 32.6 Å². The van der Waals surface area contributed by atoms with Crippen LogP contribution in [0, 0.1) is 17.7 Å². The van der Waals surface area contributed by atoms with Crippen molar-refractivity contribution in [1.82, 2.24) is 0 Å². The van der Waals surface area contributed by atoms with E-state index in [0.29, 0.717) is 12.0 Å². The molecule has 3 heteroatoms. The molecule has 1 aromatic rings. The summed E-state index contributed by atoms with van der Waals surface area (Å²) in [4.78, 5) is 0. The number of hydrogen-bond donors (Lipinski definition) is 0. The van der Waals surface area contributed by atoms with Gasteiger partial charge in [0.05, 0.1) is 0 Å². The third-order valence-electron chi connectivity index (χ3n) is 1.99. The van der Waals surface area contributed by atoms with E-state index in [-0.39, 0.29) is 21.7 Å². The Labute approximate surface area is 98.6 Å². The van der Waals surface area contributed by atoms with Gasteiger partial charge in [-0.05, 0) is 0 Å². The van der Waals surface area contributed by atoms with Crippen molar-refractivity contribution < 1.29 is 30.5 Å². The molecule has 0 aliphatic rings. The van der Waals surface area contributed by atoms with Gasteiger partial charge in [0.15, 0.2) is 0 Å². The molecule has 0 atom stereocenters. The summed E-state index contributed by atoms with van der Waals surface area (Å²) in [6.07, 6.45) is 3.81. The first-order valence-electron chi connectivity index (χ1n) is 4.60. The molecule has 0 nitrogen and oxygen atoms in total. The molecule has 76 valence electrons. The van der Waals surface area contributed by atoms with Gasteiger partial charge in [0.1, 0.15) is 0 Å². The van der Waals surface area contributed by atoms with E-state index < -0.39 is 11.6 Å². The summed E-state index contributed by atoms with van der Waals surface area (Å²) in [5.41, 5.74) is 0.565. The molecule has 0 aliphatic heterocycles. The minimum atomic E-state index is -0.628. The van der Waals surface area contributed by atoms with Crippen LogP contribution in [0.15, 0.2) is 12.1 Å². The molecule has 0 fully saturated rings. The van der Waals surface area contributed by atoms with Crippen molar-refractivity contribution in [3.05, 3.63) is 35.4 Å². The molecule has 0 aromatic heterocycles. The molecule has 0 aliphatic carbocycles. The molecule has 0 radical (unpaired) electrons. The summed E-state index contributed by atoms with van der Waals surface area (Å²) in [5, 5.41) is 0. The molecular formula is C11H13F2Ti-. The van der Waals surface area contributed by atoms with Gasteiger partial charge in [0.2, 0.25) is 0 Å². The standard InChI is InChI=1S/C11H13F2.Ti/c1-2-3-4-5-9-6-7-10(12)8-11(9)13;/h6-7H,2-5H2,1H3;/q-1;. The van der Waals surface area contributed by atoms with Gasteiger partial charge in [-0.2, -0.15) is 6.07 Å². The van der Waals surface area contributed by atoms with Crippen molar-refractivity contribution in [2.24, 2.45) is 0 Å². The Hall–Kier alpha value is -0.206. The van der Waals surface area contributed by atoms with Crippen molar-refractivity contribution >= 4 is 0 Å². The van der Waals surface area contributed by atoms with Crippen molar-refractivity contribution in [3.8, 4) is 0 Å². The van der Waals surface area contributed by atoms with Crippen LogP contribution in [0.25, 0.3) is 0 Å². The van der Waals surface area contributed by atoms with Gasteiger partial charge >= 0.3 is 0 Å². The predicted octanol–water partition coefficient (Wildman–Crippen LogP) is 3.50. The molecule has 14 heavy (non-hydrogen) atoms. The summed E-state index contributed by atoms with van der Waals surface area (Å²) in [7, 11) is 0. The number of aryl methyl sites for hydroxylation is 1. The Morgan fingerprint density at radius 3 is 2.50 bits per heavy atom. The second kappa shape index (κ2) is 7.13. The number of rotatable bonds is 4. The summed E-state index contributed by atoms with van der Waals surface area (Å²) in [5.74, 6) is -1.17. The van der Waals surface area contributed by atoms with E-state index in [4.69, 9.17) is 0 Å². The van der Waals surface area contributed by atoms with Crippen LogP contribution in [-0.2, 0) is 28.1 Å². The largest absolute Gasteiger partial charge is 0.236 e. The van der Waals surface area contributed by atoms with E-state index in [1.165, 1.54) is 12.1 Å². The van der Waals surface area contributed by atoms with Crippen LogP contribution in [0.5, 0.6) is 0 Å². The van der Waals surface area contributed by atoms with E-state index in [1.54, 1.807) is 0 Å². The van der Waals surface area contributed by atoms with Gasteiger partial charge in [-0.3, -0.25) is 0 Å². The predicted molar refractivity (Wildman–Crippen MR) is 48.4 cm³/mol. The molecule has 1 rings (SSSR count). The number of halogens is 2. The van der Waals surface area contributed by atoms with E-state index in [0.717, 1.165) is 19.3 Å². The number of unbranched alkanes of at least 4 members (excludes halogenated alkanes) is 2. The Morgan fingerprint density at radius 1 is 1.21 bits per heavy atom. The first-order chi connectivity index (χ1) is 6.24. The second-order valence-corrected chi connectivity index (χ2v) is 3.10. The molecule has 0 saturated heterocycles. The third-order valence-corrected chi connectivity index (χ3v) is 1.99. The van der Waals surface area contributed by atoms with Gasteiger partial charge in [0.25, 0.3) is 0 Å².